The standard InChI is InChI=1S/C9H10N4O4/c1-17-9-3-2-6(4-8(9)13(15)16)7(5-14)11-12-10/h2-4,7,14H,5H2,1H3. The molecule has 0 amide bonds. The van der Waals surface area contributed by atoms with Crippen LogP contribution in [0.5, 0.6) is 5.75 Å². The fourth-order valence-corrected chi connectivity index (χ4v) is 1.33. The van der Waals surface area contributed by atoms with Crippen LogP contribution < -0.4 is 4.74 Å². The molecule has 0 bridgehead atoms. The van der Waals surface area contributed by atoms with E-state index in [9.17, 15) is 10.1 Å². The van der Waals surface area contributed by atoms with E-state index in [-0.39, 0.29) is 11.4 Å². The lowest BCUT2D eigenvalue weighted by Crippen LogP contribution is -2.02. The second kappa shape index (κ2) is 5.69. The Bertz CT molecular complexity index is 470. The van der Waals surface area contributed by atoms with Crippen molar-refractivity contribution < 1.29 is 14.8 Å². The summed E-state index contributed by atoms with van der Waals surface area (Å²) in [6.07, 6.45) is 0. The maximum Gasteiger partial charge on any atom is 0.311 e. The van der Waals surface area contributed by atoms with Crippen LogP contribution in [0, 0.1) is 10.1 Å². The van der Waals surface area contributed by atoms with E-state index >= 15 is 0 Å². The normalized spacial score (nSPS) is 11.4. The van der Waals surface area contributed by atoms with Crippen LogP contribution in [0.15, 0.2) is 23.3 Å². The Kier molecular flexibility index (Phi) is 4.27. The van der Waals surface area contributed by atoms with Gasteiger partial charge in [0.05, 0.1) is 24.7 Å². The minimum atomic E-state index is -0.843. The Hall–Kier alpha value is -2.31. The van der Waals surface area contributed by atoms with Gasteiger partial charge in [-0.3, -0.25) is 10.1 Å². The molecule has 17 heavy (non-hydrogen) atoms. The minimum absolute atomic E-state index is 0.108. The van der Waals surface area contributed by atoms with Gasteiger partial charge in [0.25, 0.3) is 0 Å². The Morgan fingerprint density at radius 2 is 2.41 bits per heavy atom. The van der Waals surface area contributed by atoms with Crippen molar-refractivity contribution >= 4 is 5.69 Å². The predicted molar refractivity (Wildman–Crippen MR) is 58.6 cm³/mol. The average Bonchev–Trinajstić information content (AvgIpc) is 2.35. The van der Waals surface area contributed by atoms with Crippen molar-refractivity contribution in [3.05, 3.63) is 44.3 Å². The Labute approximate surface area is 96.2 Å². The first kappa shape index (κ1) is 12.8. The van der Waals surface area contributed by atoms with Gasteiger partial charge in [-0.05, 0) is 17.2 Å². The highest BCUT2D eigenvalue weighted by atomic mass is 16.6. The van der Waals surface area contributed by atoms with Gasteiger partial charge in [0.15, 0.2) is 5.75 Å². The van der Waals surface area contributed by atoms with Crippen molar-refractivity contribution in [3.63, 3.8) is 0 Å². The lowest BCUT2D eigenvalue weighted by Gasteiger charge is -2.09. The van der Waals surface area contributed by atoms with Gasteiger partial charge >= 0.3 is 5.69 Å². The molecule has 1 N–H and O–H groups in total. The smallest absolute Gasteiger partial charge is 0.311 e. The van der Waals surface area contributed by atoms with Crippen molar-refractivity contribution in [2.24, 2.45) is 5.11 Å². The minimum Gasteiger partial charge on any atom is -0.490 e. The Morgan fingerprint density at radius 1 is 1.71 bits per heavy atom. The molecule has 0 aromatic heterocycles. The van der Waals surface area contributed by atoms with E-state index in [0.717, 1.165) is 0 Å². The van der Waals surface area contributed by atoms with Gasteiger partial charge in [-0.2, -0.15) is 0 Å². The number of nitro groups is 1. The van der Waals surface area contributed by atoms with Gasteiger partial charge in [-0.15, -0.1) is 0 Å². The van der Waals surface area contributed by atoms with Gasteiger partial charge < -0.3 is 9.84 Å². The summed E-state index contributed by atoms with van der Waals surface area (Å²) in [5, 5.41) is 23.1. The number of hydrogen-bond acceptors (Lipinski definition) is 5. The second-order valence-corrected chi connectivity index (χ2v) is 3.09. The molecule has 1 unspecified atom stereocenters. The highest BCUT2D eigenvalue weighted by Crippen LogP contribution is 2.30. The summed E-state index contributed by atoms with van der Waals surface area (Å²) in [6.45, 7) is -0.423. The summed E-state index contributed by atoms with van der Waals surface area (Å²) in [5.41, 5.74) is 8.42. The highest BCUT2D eigenvalue weighted by molar-refractivity contribution is 5.49. The largest absolute Gasteiger partial charge is 0.490 e. The van der Waals surface area contributed by atoms with E-state index in [1.54, 1.807) is 0 Å². The molecule has 1 rings (SSSR count). The zero-order valence-corrected chi connectivity index (χ0v) is 8.98. The fourth-order valence-electron chi connectivity index (χ4n) is 1.33. The number of aliphatic hydroxyl groups is 1. The first-order chi connectivity index (χ1) is 8.13. The third kappa shape index (κ3) is 2.83. The molecular weight excluding hydrogens is 228 g/mol. The number of hydrogen-bond donors (Lipinski definition) is 1. The summed E-state index contributed by atoms with van der Waals surface area (Å²) in [6, 6.07) is 3.27. The van der Waals surface area contributed by atoms with E-state index in [1.807, 2.05) is 0 Å². The number of methoxy groups -OCH3 is 1. The molecule has 90 valence electrons. The van der Waals surface area contributed by atoms with Crippen LogP contribution in [-0.2, 0) is 0 Å². The van der Waals surface area contributed by atoms with Crippen molar-refractivity contribution in [1.29, 1.82) is 0 Å². The van der Waals surface area contributed by atoms with E-state index in [0.29, 0.717) is 5.56 Å². The van der Waals surface area contributed by atoms with Gasteiger partial charge in [0.1, 0.15) is 0 Å². The summed E-state index contributed by atoms with van der Waals surface area (Å²) in [7, 11) is 1.32. The Balaban J connectivity index is 3.23. The predicted octanol–water partition coefficient (Wildman–Crippen LogP) is 1.95. The molecular formula is C9H10N4O4. The fraction of sp³-hybridized carbons (Fsp3) is 0.333. The molecule has 0 heterocycles. The first-order valence-electron chi connectivity index (χ1n) is 4.61. The number of nitro benzene ring substituents is 1. The molecule has 0 aliphatic rings. The topological polar surface area (TPSA) is 121 Å². The average molecular weight is 238 g/mol. The molecule has 1 aromatic carbocycles. The molecule has 0 aliphatic carbocycles. The zero-order valence-electron chi connectivity index (χ0n) is 8.98. The Morgan fingerprint density at radius 3 is 2.88 bits per heavy atom. The summed E-state index contributed by atoms with van der Waals surface area (Å²) in [5.74, 6) is 0.108. The molecule has 0 saturated carbocycles. The maximum atomic E-state index is 10.8. The monoisotopic (exact) mass is 238 g/mol. The van der Waals surface area contributed by atoms with Crippen LogP contribution in [0.25, 0.3) is 10.4 Å². The van der Waals surface area contributed by atoms with E-state index in [2.05, 4.69) is 10.0 Å². The van der Waals surface area contributed by atoms with E-state index < -0.39 is 17.6 Å². The number of ether oxygens (including phenoxy) is 1. The van der Waals surface area contributed by atoms with Gasteiger partial charge in [-0.1, -0.05) is 11.2 Å². The number of azide groups is 1. The van der Waals surface area contributed by atoms with Gasteiger partial charge in [0.2, 0.25) is 0 Å². The first-order valence-corrected chi connectivity index (χ1v) is 4.61. The molecule has 0 fully saturated rings. The number of benzene rings is 1. The number of aliphatic hydroxyl groups excluding tert-OH is 1. The van der Waals surface area contributed by atoms with E-state index in [1.165, 1.54) is 25.3 Å². The van der Waals surface area contributed by atoms with Crippen LogP contribution in [0.4, 0.5) is 5.69 Å². The van der Waals surface area contributed by atoms with Gasteiger partial charge in [0, 0.05) is 11.0 Å². The third-order valence-electron chi connectivity index (χ3n) is 2.15. The molecule has 8 nitrogen and oxygen atoms in total. The SMILES string of the molecule is COc1ccc(C(CO)N=[N+]=[N-])cc1[N+](=O)[O-]. The summed E-state index contributed by atoms with van der Waals surface area (Å²) >= 11 is 0. The number of rotatable bonds is 5. The molecule has 0 radical (unpaired) electrons. The lowest BCUT2D eigenvalue weighted by molar-refractivity contribution is -0.385. The second-order valence-electron chi connectivity index (χ2n) is 3.09. The van der Waals surface area contributed by atoms with Crippen LogP contribution in [0.2, 0.25) is 0 Å². The zero-order chi connectivity index (χ0) is 12.8. The summed E-state index contributed by atoms with van der Waals surface area (Å²) < 4.78 is 4.83. The highest BCUT2D eigenvalue weighted by Gasteiger charge is 2.18. The molecule has 1 aromatic rings. The summed E-state index contributed by atoms with van der Waals surface area (Å²) in [4.78, 5) is 12.7. The van der Waals surface area contributed by atoms with Crippen LogP contribution in [-0.4, -0.2) is 23.7 Å². The van der Waals surface area contributed by atoms with Crippen molar-refractivity contribution in [2.45, 2.75) is 6.04 Å². The molecule has 8 heteroatoms. The number of nitrogens with zero attached hydrogens (tertiary/aromatic N) is 4. The maximum absolute atomic E-state index is 10.8. The van der Waals surface area contributed by atoms with Crippen molar-refractivity contribution in [2.75, 3.05) is 13.7 Å². The molecule has 0 saturated heterocycles. The van der Waals surface area contributed by atoms with Crippen LogP contribution >= 0.6 is 0 Å². The third-order valence-corrected chi connectivity index (χ3v) is 2.15. The van der Waals surface area contributed by atoms with Crippen molar-refractivity contribution in [1.82, 2.24) is 0 Å². The van der Waals surface area contributed by atoms with Crippen LogP contribution in [0.1, 0.15) is 11.6 Å². The van der Waals surface area contributed by atoms with E-state index in [4.69, 9.17) is 15.4 Å². The quantitative estimate of drug-likeness (QED) is 0.277. The molecule has 1 atom stereocenters. The van der Waals surface area contributed by atoms with Gasteiger partial charge in [-0.25, -0.2) is 0 Å². The van der Waals surface area contributed by atoms with Crippen LogP contribution in [0.3, 0.4) is 0 Å². The van der Waals surface area contributed by atoms with Crippen molar-refractivity contribution in [3.8, 4) is 5.75 Å². The molecule has 0 spiro atoms. The lowest BCUT2D eigenvalue weighted by atomic mass is 10.1. The molecule has 0 aliphatic heterocycles.